The summed E-state index contributed by atoms with van der Waals surface area (Å²) >= 11 is 0. The number of hydrogen-bond acceptors (Lipinski definition) is 1. The highest BCUT2D eigenvalue weighted by molar-refractivity contribution is 5.70. The number of carboxylic acids is 1. The summed E-state index contributed by atoms with van der Waals surface area (Å²) in [6.07, 6.45) is 0.112. The molecule has 18 heavy (non-hydrogen) atoms. The van der Waals surface area contributed by atoms with Gasteiger partial charge in [-0.2, -0.15) is 0 Å². The van der Waals surface area contributed by atoms with Crippen molar-refractivity contribution in [2.45, 2.75) is 13.3 Å². The Morgan fingerprint density at radius 1 is 1.06 bits per heavy atom. The molecule has 0 atom stereocenters. The van der Waals surface area contributed by atoms with Crippen LogP contribution >= 0.6 is 0 Å². The van der Waals surface area contributed by atoms with Crippen molar-refractivity contribution in [2.24, 2.45) is 0 Å². The molecule has 0 aliphatic rings. The standard InChI is InChI=1S/C8H8O2.C7H7F/c9-8(10)6-7-4-2-1-3-5-7;1-6-2-4-7(8)5-3-6/h1-5H,6H2,(H,9,10);2-5H,1H3. The van der Waals surface area contributed by atoms with Crippen molar-refractivity contribution >= 4 is 5.97 Å². The molecule has 2 nitrogen and oxygen atoms in total. The van der Waals surface area contributed by atoms with Crippen molar-refractivity contribution < 1.29 is 14.3 Å². The van der Waals surface area contributed by atoms with Gasteiger partial charge in [0.1, 0.15) is 5.82 Å². The second-order valence-electron chi connectivity index (χ2n) is 3.85. The molecule has 0 saturated heterocycles. The van der Waals surface area contributed by atoms with Gasteiger partial charge in [0.05, 0.1) is 6.42 Å². The Balaban J connectivity index is 0.000000184. The fraction of sp³-hybridized carbons (Fsp3) is 0.133. The van der Waals surface area contributed by atoms with Gasteiger partial charge in [0.15, 0.2) is 0 Å². The van der Waals surface area contributed by atoms with Gasteiger partial charge in [-0.25, -0.2) is 4.39 Å². The zero-order chi connectivity index (χ0) is 13.4. The molecule has 0 spiro atoms. The minimum atomic E-state index is -0.786. The number of carboxylic acid groups (broad SMARTS) is 1. The van der Waals surface area contributed by atoms with Crippen LogP contribution in [0, 0.1) is 12.7 Å². The van der Waals surface area contributed by atoms with E-state index < -0.39 is 5.97 Å². The van der Waals surface area contributed by atoms with Gasteiger partial charge in [0.25, 0.3) is 0 Å². The number of aryl methyl sites for hydroxylation is 1. The summed E-state index contributed by atoms with van der Waals surface area (Å²) in [4.78, 5) is 10.2. The number of benzene rings is 2. The third kappa shape index (κ3) is 5.80. The molecule has 2 aromatic carbocycles. The van der Waals surface area contributed by atoms with E-state index in [2.05, 4.69) is 0 Å². The molecule has 0 aliphatic carbocycles. The number of halogens is 1. The maximum absolute atomic E-state index is 12.1. The van der Waals surface area contributed by atoms with E-state index in [0.717, 1.165) is 11.1 Å². The maximum Gasteiger partial charge on any atom is 0.307 e. The van der Waals surface area contributed by atoms with E-state index in [1.807, 2.05) is 25.1 Å². The van der Waals surface area contributed by atoms with Gasteiger partial charge in [-0.3, -0.25) is 4.79 Å². The molecule has 0 fully saturated rings. The van der Waals surface area contributed by atoms with Gasteiger partial charge in [0.2, 0.25) is 0 Å². The van der Waals surface area contributed by atoms with Crippen LogP contribution in [0.15, 0.2) is 54.6 Å². The summed E-state index contributed by atoms with van der Waals surface area (Å²) in [5.41, 5.74) is 1.93. The Bertz CT molecular complexity index is 457. The summed E-state index contributed by atoms with van der Waals surface area (Å²) in [7, 11) is 0. The third-order valence-electron chi connectivity index (χ3n) is 2.21. The van der Waals surface area contributed by atoms with Gasteiger partial charge in [-0.05, 0) is 24.6 Å². The Kier molecular flexibility index (Phi) is 5.58. The fourth-order valence-electron chi connectivity index (χ4n) is 1.30. The van der Waals surface area contributed by atoms with Gasteiger partial charge in [0, 0.05) is 0 Å². The molecule has 0 heterocycles. The first-order chi connectivity index (χ1) is 8.58. The van der Waals surface area contributed by atoms with Crippen LogP contribution in [-0.4, -0.2) is 11.1 Å². The first kappa shape index (κ1) is 13.9. The summed E-state index contributed by atoms with van der Waals surface area (Å²) in [6.45, 7) is 1.93. The van der Waals surface area contributed by atoms with Gasteiger partial charge in [-0.15, -0.1) is 0 Å². The normalized spacial score (nSPS) is 9.22. The maximum atomic E-state index is 12.1. The van der Waals surface area contributed by atoms with Crippen LogP contribution in [0.25, 0.3) is 0 Å². The minimum Gasteiger partial charge on any atom is -0.481 e. The van der Waals surface area contributed by atoms with Crippen LogP contribution in [0.4, 0.5) is 4.39 Å². The monoisotopic (exact) mass is 246 g/mol. The van der Waals surface area contributed by atoms with Crippen molar-refractivity contribution in [3.63, 3.8) is 0 Å². The Hall–Kier alpha value is -2.16. The van der Waals surface area contributed by atoms with E-state index in [0.29, 0.717) is 0 Å². The molecule has 1 N–H and O–H groups in total. The van der Waals surface area contributed by atoms with E-state index in [-0.39, 0.29) is 12.2 Å². The zero-order valence-corrected chi connectivity index (χ0v) is 10.1. The highest BCUT2D eigenvalue weighted by Crippen LogP contribution is 1.99. The van der Waals surface area contributed by atoms with Gasteiger partial charge >= 0.3 is 5.97 Å². The van der Waals surface area contributed by atoms with Crippen LogP contribution in [0.3, 0.4) is 0 Å². The molecule has 0 aromatic heterocycles. The van der Waals surface area contributed by atoms with Crippen LogP contribution in [-0.2, 0) is 11.2 Å². The average molecular weight is 246 g/mol. The van der Waals surface area contributed by atoms with Crippen LogP contribution in [0.2, 0.25) is 0 Å². The van der Waals surface area contributed by atoms with Crippen molar-refractivity contribution in [1.82, 2.24) is 0 Å². The van der Waals surface area contributed by atoms with Crippen LogP contribution < -0.4 is 0 Å². The molecule has 3 heteroatoms. The molecule has 0 unspecified atom stereocenters. The zero-order valence-electron chi connectivity index (χ0n) is 10.1. The number of aliphatic carboxylic acids is 1. The molecule has 94 valence electrons. The second kappa shape index (κ2) is 7.22. The third-order valence-corrected chi connectivity index (χ3v) is 2.21. The molecular formula is C15H15FO2. The largest absolute Gasteiger partial charge is 0.481 e. The quantitative estimate of drug-likeness (QED) is 0.881. The molecule has 0 radical (unpaired) electrons. The summed E-state index contributed by atoms with van der Waals surface area (Å²) < 4.78 is 12.1. The molecule has 0 saturated carbocycles. The predicted octanol–water partition coefficient (Wildman–Crippen LogP) is 3.45. The van der Waals surface area contributed by atoms with Crippen molar-refractivity contribution in [2.75, 3.05) is 0 Å². The summed E-state index contributed by atoms with van der Waals surface area (Å²) in [5.74, 6) is -0.957. The summed E-state index contributed by atoms with van der Waals surface area (Å²) in [6, 6.07) is 15.5. The fourth-order valence-corrected chi connectivity index (χ4v) is 1.30. The first-order valence-corrected chi connectivity index (χ1v) is 5.56. The molecule has 2 rings (SSSR count). The Morgan fingerprint density at radius 3 is 2.06 bits per heavy atom. The highest BCUT2D eigenvalue weighted by Gasteiger charge is 1.96. The van der Waals surface area contributed by atoms with Gasteiger partial charge < -0.3 is 5.11 Å². The van der Waals surface area contributed by atoms with Gasteiger partial charge in [-0.1, -0.05) is 48.0 Å². The topological polar surface area (TPSA) is 37.3 Å². The van der Waals surface area contributed by atoms with E-state index in [9.17, 15) is 9.18 Å². The lowest BCUT2D eigenvalue weighted by atomic mass is 10.2. The minimum absolute atomic E-state index is 0.112. The lowest BCUT2D eigenvalue weighted by Gasteiger charge is -1.92. The number of hydrogen-bond donors (Lipinski definition) is 1. The second-order valence-corrected chi connectivity index (χ2v) is 3.85. The summed E-state index contributed by atoms with van der Waals surface area (Å²) in [5, 5.41) is 8.37. The van der Waals surface area contributed by atoms with Crippen molar-refractivity contribution in [1.29, 1.82) is 0 Å². The lowest BCUT2D eigenvalue weighted by molar-refractivity contribution is -0.136. The SMILES string of the molecule is Cc1ccc(F)cc1.O=C(O)Cc1ccccc1. The molecule has 0 amide bonds. The molecule has 0 aliphatic heterocycles. The number of carbonyl (C=O) groups is 1. The molecule has 0 bridgehead atoms. The molecular weight excluding hydrogens is 231 g/mol. The lowest BCUT2D eigenvalue weighted by Crippen LogP contribution is -1.98. The highest BCUT2D eigenvalue weighted by atomic mass is 19.1. The van der Waals surface area contributed by atoms with Crippen LogP contribution in [0.1, 0.15) is 11.1 Å². The van der Waals surface area contributed by atoms with E-state index in [1.165, 1.54) is 12.1 Å². The van der Waals surface area contributed by atoms with Crippen molar-refractivity contribution in [3.8, 4) is 0 Å². The number of rotatable bonds is 2. The predicted molar refractivity (Wildman–Crippen MR) is 68.9 cm³/mol. The Labute approximate surface area is 106 Å². The van der Waals surface area contributed by atoms with E-state index in [1.54, 1.807) is 24.3 Å². The van der Waals surface area contributed by atoms with E-state index in [4.69, 9.17) is 5.11 Å². The smallest absolute Gasteiger partial charge is 0.307 e. The van der Waals surface area contributed by atoms with Crippen LogP contribution in [0.5, 0.6) is 0 Å². The van der Waals surface area contributed by atoms with Crippen molar-refractivity contribution in [3.05, 3.63) is 71.5 Å². The molecule has 2 aromatic rings. The van der Waals surface area contributed by atoms with E-state index >= 15 is 0 Å². The first-order valence-electron chi connectivity index (χ1n) is 5.56. The average Bonchev–Trinajstić information content (AvgIpc) is 2.34. The Morgan fingerprint density at radius 2 is 1.61 bits per heavy atom.